The minimum Gasteiger partial charge on any atom is -0.459 e. The van der Waals surface area contributed by atoms with Gasteiger partial charge in [-0.1, -0.05) is 135 Å². The predicted octanol–water partition coefficient (Wildman–Crippen LogP) is 12.9. The van der Waals surface area contributed by atoms with E-state index in [1.807, 2.05) is 49.4 Å². The molecule has 5 rings (SSSR count). The number of hydrogen-bond donors (Lipinski definition) is 1. The molecular weight excluding hydrogens is 740 g/mol. The Morgan fingerprint density at radius 2 is 1.63 bits per heavy atom. The number of hydrogen-bond acceptors (Lipinski definition) is 7. The molecule has 0 aromatic heterocycles. The number of allylic oxidation sites excluding steroid dienone is 2. The van der Waals surface area contributed by atoms with Crippen molar-refractivity contribution in [3.05, 3.63) is 111 Å². The van der Waals surface area contributed by atoms with E-state index in [0.717, 1.165) is 36.5 Å². The average molecular weight is 784 g/mol. The van der Waals surface area contributed by atoms with Gasteiger partial charge < -0.3 is 10.1 Å². The van der Waals surface area contributed by atoms with Crippen molar-refractivity contribution in [3.63, 3.8) is 0 Å². The molecule has 3 unspecified atom stereocenters. The van der Waals surface area contributed by atoms with Gasteiger partial charge in [-0.25, -0.2) is 4.79 Å². The van der Waals surface area contributed by atoms with Gasteiger partial charge in [0.25, 0.3) is 0 Å². The highest BCUT2D eigenvalue weighted by molar-refractivity contribution is 6.39. The van der Waals surface area contributed by atoms with E-state index < -0.39 is 17.4 Å². The van der Waals surface area contributed by atoms with Gasteiger partial charge in [-0.15, -0.1) is 32.1 Å². The summed E-state index contributed by atoms with van der Waals surface area (Å²) >= 11 is 26.3. The number of esters is 1. The summed E-state index contributed by atoms with van der Waals surface area (Å²) in [5, 5.41) is 22.6. The maximum Gasteiger partial charge on any atom is 0.334 e. The smallest absolute Gasteiger partial charge is 0.334 e. The fourth-order valence-corrected chi connectivity index (χ4v) is 7.77. The first-order valence-electron chi connectivity index (χ1n) is 17.9. The zero-order valence-corrected chi connectivity index (χ0v) is 32.4. The Hall–Kier alpha value is -3.56. The summed E-state index contributed by atoms with van der Waals surface area (Å²) in [6.45, 7) is 4.15. The molecule has 0 bridgehead atoms. The van der Waals surface area contributed by atoms with Crippen LogP contribution in [0.4, 0.5) is 5.69 Å². The van der Waals surface area contributed by atoms with Crippen LogP contribution in [0, 0.1) is 0 Å². The van der Waals surface area contributed by atoms with Gasteiger partial charge in [0.2, 0.25) is 0 Å². The molecule has 0 saturated heterocycles. The molecule has 3 atom stereocenters. The van der Waals surface area contributed by atoms with E-state index in [1.54, 1.807) is 30.4 Å². The first kappa shape index (κ1) is 39.6. The van der Waals surface area contributed by atoms with Crippen molar-refractivity contribution in [1.29, 1.82) is 0 Å². The van der Waals surface area contributed by atoms with E-state index in [-0.39, 0.29) is 39.5 Å². The number of amides is 1. The Morgan fingerprint density at radius 1 is 0.923 bits per heavy atom. The monoisotopic (exact) mass is 781 g/mol. The van der Waals surface area contributed by atoms with Crippen molar-refractivity contribution >= 4 is 74.7 Å². The molecule has 52 heavy (non-hydrogen) atoms. The fourth-order valence-electron chi connectivity index (χ4n) is 6.49. The minimum atomic E-state index is -1.28. The molecule has 1 heterocycles. The van der Waals surface area contributed by atoms with E-state index in [2.05, 4.69) is 32.7 Å². The minimum absolute atomic E-state index is 0.0402. The molecular formula is C40H43Cl4N5O3. The Morgan fingerprint density at radius 3 is 2.38 bits per heavy atom. The topological polar surface area (TPSA) is 105 Å². The molecule has 3 aromatic carbocycles. The van der Waals surface area contributed by atoms with Crippen LogP contribution in [0.3, 0.4) is 0 Å². The first-order valence-corrected chi connectivity index (χ1v) is 19.4. The molecule has 12 heteroatoms. The summed E-state index contributed by atoms with van der Waals surface area (Å²) < 4.78 is 6.17. The van der Waals surface area contributed by atoms with Crippen molar-refractivity contribution in [1.82, 2.24) is 5.32 Å². The van der Waals surface area contributed by atoms with Crippen LogP contribution < -0.4 is 5.32 Å². The number of ether oxygens (including phenoxy) is 1. The molecule has 1 N–H and O–H groups in total. The maximum absolute atomic E-state index is 13.9. The van der Waals surface area contributed by atoms with Crippen LogP contribution >= 0.6 is 46.4 Å². The van der Waals surface area contributed by atoms with Crippen LogP contribution in [0.2, 0.25) is 15.1 Å². The summed E-state index contributed by atoms with van der Waals surface area (Å²) in [7, 11) is 0. The molecule has 1 aliphatic carbocycles. The van der Waals surface area contributed by atoms with Gasteiger partial charge in [-0.3, -0.25) is 4.79 Å². The van der Waals surface area contributed by atoms with E-state index in [0.29, 0.717) is 28.3 Å². The number of benzene rings is 3. The predicted molar refractivity (Wildman–Crippen MR) is 211 cm³/mol. The molecule has 1 amide bonds. The highest BCUT2D eigenvalue weighted by Crippen LogP contribution is 2.44. The molecule has 8 nitrogen and oxygen atoms in total. The fraction of sp³-hybridized carbons (Fsp3) is 0.400. The molecule has 274 valence electrons. The second-order valence-corrected chi connectivity index (χ2v) is 15.3. The molecule has 2 aliphatic rings. The quantitative estimate of drug-likeness (QED) is 0.0600. The largest absolute Gasteiger partial charge is 0.459 e. The second kappa shape index (κ2) is 19.0. The van der Waals surface area contributed by atoms with Crippen molar-refractivity contribution in [2.24, 2.45) is 20.5 Å². The standard InChI is InChI=1S/C40H43Cl4N5O3/c1-3-4-5-6-7-8-9-17-30(21-20-26(2)41)52-39(51)28-16-13-22-40(25-28,35-32(43)23-29(42)24-33(35)44)45-37-36(38(50)49-48-37)47-46-34-19-12-15-27-14-10-11-18-31(27)34/h10-16,18-19,22-24,26,30,45H,3-9,17,20-21,25H2,1-2H3. The van der Waals surface area contributed by atoms with Crippen molar-refractivity contribution in [2.45, 2.75) is 101 Å². The number of carbonyl (C=O) groups excluding carboxylic acids is 2. The maximum atomic E-state index is 13.9. The lowest BCUT2D eigenvalue weighted by atomic mass is 9.80. The van der Waals surface area contributed by atoms with Gasteiger partial charge in [-0.2, -0.15) is 0 Å². The van der Waals surface area contributed by atoms with Gasteiger partial charge in [0.05, 0.1) is 11.2 Å². The zero-order valence-electron chi connectivity index (χ0n) is 29.4. The zero-order chi connectivity index (χ0) is 37.1. The summed E-state index contributed by atoms with van der Waals surface area (Å²) in [6, 6.07) is 16.5. The van der Waals surface area contributed by atoms with Crippen molar-refractivity contribution < 1.29 is 14.3 Å². The molecule has 3 aromatic rings. The van der Waals surface area contributed by atoms with E-state index >= 15 is 0 Å². The molecule has 0 radical (unpaired) electrons. The number of nitrogens with zero attached hydrogens (tertiary/aromatic N) is 4. The molecule has 0 saturated carbocycles. The highest BCUT2D eigenvalue weighted by atomic mass is 35.5. The summed E-state index contributed by atoms with van der Waals surface area (Å²) in [4.78, 5) is 26.9. The second-order valence-electron chi connectivity index (χ2n) is 13.3. The number of alkyl halides is 1. The van der Waals surface area contributed by atoms with Crippen LogP contribution in [0.1, 0.15) is 90.0 Å². The van der Waals surface area contributed by atoms with E-state index in [9.17, 15) is 9.59 Å². The lowest BCUT2D eigenvalue weighted by Crippen LogP contribution is -2.43. The Balaban J connectivity index is 1.42. The van der Waals surface area contributed by atoms with E-state index in [4.69, 9.17) is 51.1 Å². The number of carbonyl (C=O) groups is 2. The van der Waals surface area contributed by atoms with Gasteiger partial charge in [0.1, 0.15) is 6.10 Å². The van der Waals surface area contributed by atoms with Gasteiger partial charge in [-0.05, 0) is 56.2 Å². The Bertz CT molecular complexity index is 1890. The van der Waals surface area contributed by atoms with Crippen LogP contribution in [0.15, 0.2) is 110 Å². The number of azo groups is 2. The number of rotatable bonds is 18. The summed E-state index contributed by atoms with van der Waals surface area (Å²) in [5.74, 6) is -1.09. The number of nitrogens with one attached hydrogen (secondary N) is 1. The van der Waals surface area contributed by atoms with Crippen molar-refractivity contribution in [3.8, 4) is 0 Å². The summed E-state index contributed by atoms with van der Waals surface area (Å²) in [6.07, 6.45) is 15.3. The van der Waals surface area contributed by atoms with E-state index in [1.165, 1.54) is 32.1 Å². The van der Waals surface area contributed by atoms with Crippen LogP contribution in [-0.4, -0.2) is 23.4 Å². The average Bonchev–Trinajstić information content (AvgIpc) is 3.46. The third-order valence-electron chi connectivity index (χ3n) is 9.19. The summed E-state index contributed by atoms with van der Waals surface area (Å²) in [5.41, 5.74) is -0.00673. The Labute approximate surface area is 325 Å². The molecule has 0 fully saturated rings. The number of halogens is 4. The van der Waals surface area contributed by atoms with Gasteiger partial charge in [0.15, 0.2) is 11.5 Å². The first-order chi connectivity index (χ1) is 25.1. The van der Waals surface area contributed by atoms with Gasteiger partial charge >= 0.3 is 11.9 Å². The molecule has 1 aliphatic heterocycles. The number of unbranched alkanes of at least 4 members (excludes halogenated alkanes) is 6. The molecule has 0 spiro atoms. The number of fused-ring (bicyclic) bond motifs is 1. The van der Waals surface area contributed by atoms with Crippen molar-refractivity contribution in [2.75, 3.05) is 0 Å². The van der Waals surface area contributed by atoms with Crippen LogP contribution in [-0.2, 0) is 19.9 Å². The van der Waals surface area contributed by atoms with Gasteiger partial charge in [0, 0.05) is 43.4 Å². The third-order valence-corrected chi connectivity index (χ3v) is 10.2. The normalized spacial score (nSPS) is 18.3. The lowest BCUT2D eigenvalue weighted by molar-refractivity contribution is -0.145. The SMILES string of the molecule is CCCCCCCCCC(CCC(C)Cl)OC(=O)C1=CC=CC(NC2=C(N=Nc3cccc4ccccc34)C(=O)N=N2)(c2c(Cl)cc(Cl)cc2Cl)C1. The van der Waals surface area contributed by atoms with Crippen LogP contribution in [0.25, 0.3) is 10.8 Å². The Kier molecular flexibility index (Phi) is 14.5. The highest BCUT2D eigenvalue weighted by Gasteiger charge is 2.41. The third kappa shape index (κ3) is 10.3. The lowest BCUT2D eigenvalue weighted by Gasteiger charge is -2.36. The van der Waals surface area contributed by atoms with Crippen LogP contribution in [0.5, 0.6) is 0 Å².